The first kappa shape index (κ1) is 43.6. The molecule has 0 amide bonds. The number of aliphatic hydroxyl groups excluding tert-OH is 1. The molecule has 5 rings (SSSR count). The zero-order valence-electron chi connectivity index (χ0n) is 33.9. The second-order valence-electron chi connectivity index (χ2n) is 16.0. The van der Waals surface area contributed by atoms with Crippen LogP contribution in [0.2, 0.25) is 0 Å². The topological polar surface area (TPSA) is 89.4 Å². The Morgan fingerprint density at radius 2 is 1.53 bits per heavy atom. The van der Waals surface area contributed by atoms with E-state index in [-0.39, 0.29) is 47.9 Å². The van der Waals surface area contributed by atoms with Gasteiger partial charge in [-0.25, -0.2) is 4.98 Å². The number of carbonyl (C=O) groups is 1. The summed E-state index contributed by atoms with van der Waals surface area (Å²) in [6.07, 6.45) is 8.94. The molecule has 0 saturated heterocycles. The number of hydrogen-bond donors (Lipinski definition) is 1. The molecule has 0 fully saturated rings. The van der Waals surface area contributed by atoms with E-state index in [9.17, 15) is 9.90 Å². The van der Waals surface area contributed by atoms with Gasteiger partial charge in [0, 0.05) is 59.5 Å². The molecular formula is C46H59IrN2O4-. The fraction of sp³-hybridized carbons (Fsp3) is 0.457. The molecule has 0 bridgehead atoms. The Morgan fingerprint density at radius 1 is 0.887 bits per heavy atom. The van der Waals surface area contributed by atoms with Gasteiger partial charge in [0.2, 0.25) is 5.71 Å². The van der Waals surface area contributed by atoms with E-state index in [0.29, 0.717) is 17.2 Å². The summed E-state index contributed by atoms with van der Waals surface area (Å²) >= 11 is 0. The quantitative estimate of drug-likeness (QED) is 0.0853. The normalized spacial score (nSPS) is 12.4. The van der Waals surface area contributed by atoms with Crippen molar-refractivity contribution >= 4 is 38.6 Å². The number of carbonyl (C=O) groups excluding carboxylic acids is 1. The standard InChI is InChI=1S/C31H31N2O2.C15H28O2.Ir/c1-19(2)15-21-11-12-25-27(13-14-34-20(21)3)35-30-28(25)29(32-18-33-30)23-16-22-9-7-8-10-24(22)26(17-23)31(4,5)6;1-7-14(5,8-2)12(16)11-13(17)15(6,9-3)10-4;/h7-14,17-19H,15H2,1-6H3;11,16H,7-10H2,1-6H3;/q-1;;/b;12-11-;. The van der Waals surface area contributed by atoms with Crippen LogP contribution in [0.1, 0.15) is 119 Å². The molecule has 2 aromatic carbocycles. The van der Waals surface area contributed by atoms with Crippen LogP contribution >= 0.6 is 0 Å². The number of ketones is 1. The van der Waals surface area contributed by atoms with Gasteiger partial charge >= 0.3 is 0 Å². The minimum absolute atomic E-state index is 0. The van der Waals surface area contributed by atoms with Crippen molar-refractivity contribution in [2.24, 2.45) is 16.7 Å². The molecule has 0 aliphatic rings. The zero-order valence-corrected chi connectivity index (χ0v) is 36.3. The smallest absolute Gasteiger partial charge is 0.223 e. The van der Waals surface area contributed by atoms with Crippen molar-refractivity contribution in [1.82, 2.24) is 9.97 Å². The fourth-order valence-electron chi connectivity index (χ4n) is 6.35. The summed E-state index contributed by atoms with van der Waals surface area (Å²) in [6, 6.07) is 20.4. The van der Waals surface area contributed by atoms with Crippen LogP contribution in [0.3, 0.4) is 0 Å². The Bertz CT molecular complexity index is 2110. The monoisotopic (exact) mass is 896 g/mol. The number of benzene rings is 2. The van der Waals surface area contributed by atoms with E-state index in [1.54, 1.807) is 12.6 Å². The number of allylic oxidation sites excluding steroid dienone is 2. The van der Waals surface area contributed by atoms with Crippen LogP contribution in [-0.4, -0.2) is 20.9 Å². The van der Waals surface area contributed by atoms with Crippen molar-refractivity contribution in [2.45, 2.75) is 121 Å². The SMILES string of the molecule is CCC(C)(CC)C(=O)/C=C(\O)C(C)(CC)CC.Cc1occc2oc3ncnc(-c4[c-]c5ccccc5c(C(C)(C)C)c4)c3c2ccc1CC(C)C.[Ir]. The molecule has 53 heavy (non-hydrogen) atoms. The van der Waals surface area contributed by atoms with Gasteiger partial charge in [-0.05, 0) is 55.9 Å². The molecule has 3 aromatic heterocycles. The van der Waals surface area contributed by atoms with E-state index < -0.39 is 0 Å². The van der Waals surface area contributed by atoms with Crippen molar-refractivity contribution in [1.29, 1.82) is 0 Å². The summed E-state index contributed by atoms with van der Waals surface area (Å²) in [5.74, 6) is 1.70. The molecule has 3 heterocycles. The van der Waals surface area contributed by atoms with Crippen LogP contribution in [0.5, 0.6) is 0 Å². The van der Waals surface area contributed by atoms with Crippen molar-refractivity contribution in [2.75, 3.05) is 0 Å². The predicted octanol–water partition coefficient (Wildman–Crippen LogP) is 13.2. The van der Waals surface area contributed by atoms with Gasteiger partial charge in [0.25, 0.3) is 0 Å². The molecule has 1 N–H and O–H groups in total. The second-order valence-corrected chi connectivity index (χ2v) is 16.0. The first-order chi connectivity index (χ1) is 24.5. The number of rotatable bonds is 10. The minimum atomic E-state index is -0.337. The average molecular weight is 896 g/mol. The Kier molecular flexibility index (Phi) is 14.8. The Hall–Kier alpha value is -3.80. The molecule has 5 aromatic rings. The molecule has 0 unspecified atom stereocenters. The molecule has 0 spiro atoms. The van der Waals surface area contributed by atoms with E-state index in [0.717, 1.165) is 70.8 Å². The van der Waals surface area contributed by atoms with Crippen LogP contribution in [-0.2, 0) is 36.7 Å². The number of hydrogen-bond acceptors (Lipinski definition) is 6. The van der Waals surface area contributed by atoms with Gasteiger partial charge < -0.3 is 13.9 Å². The first-order valence-electron chi connectivity index (χ1n) is 18.9. The summed E-state index contributed by atoms with van der Waals surface area (Å²) in [5, 5.41) is 14.3. The molecule has 7 heteroatoms. The van der Waals surface area contributed by atoms with Crippen molar-refractivity contribution < 1.29 is 38.8 Å². The van der Waals surface area contributed by atoms with E-state index in [4.69, 9.17) is 13.8 Å². The maximum Gasteiger partial charge on any atom is 0.223 e. The number of aliphatic hydroxyl groups is 1. The number of fused-ring (bicyclic) bond motifs is 4. The van der Waals surface area contributed by atoms with E-state index in [2.05, 4.69) is 88.1 Å². The Balaban J connectivity index is 0.000000359. The van der Waals surface area contributed by atoms with Crippen LogP contribution in [0.25, 0.3) is 44.1 Å². The van der Waals surface area contributed by atoms with Crippen LogP contribution in [0.4, 0.5) is 0 Å². The molecule has 1 radical (unpaired) electrons. The van der Waals surface area contributed by atoms with Gasteiger partial charge in [-0.3, -0.25) is 9.78 Å². The van der Waals surface area contributed by atoms with Crippen LogP contribution < -0.4 is 0 Å². The molecule has 287 valence electrons. The first-order valence-corrected chi connectivity index (χ1v) is 18.9. The second kappa shape index (κ2) is 18.0. The Morgan fingerprint density at radius 3 is 2.13 bits per heavy atom. The fourth-order valence-corrected chi connectivity index (χ4v) is 6.35. The summed E-state index contributed by atoms with van der Waals surface area (Å²) in [7, 11) is 0. The molecule has 0 atom stereocenters. The van der Waals surface area contributed by atoms with E-state index in [1.165, 1.54) is 17.0 Å². The van der Waals surface area contributed by atoms with Crippen molar-refractivity contribution in [3.8, 4) is 11.3 Å². The third-order valence-corrected chi connectivity index (χ3v) is 11.0. The maximum absolute atomic E-state index is 12.2. The molecule has 0 saturated carbocycles. The van der Waals surface area contributed by atoms with Gasteiger partial charge in [-0.15, -0.1) is 29.1 Å². The molecule has 6 nitrogen and oxygen atoms in total. The van der Waals surface area contributed by atoms with Gasteiger partial charge in [-0.2, -0.15) is 0 Å². The third-order valence-electron chi connectivity index (χ3n) is 11.0. The molecular weight excluding hydrogens is 837 g/mol. The maximum atomic E-state index is 12.2. The van der Waals surface area contributed by atoms with Crippen molar-refractivity contribution in [3.05, 3.63) is 95.9 Å². The van der Waals surface area contributed by atoms with Gasteiger partial charge in [0.1, 0.15) is 23.4 Å². The summed E-state index contributed by atoms with van der Waals surface area (Å²) in [4.78, 5) is 21.4. The molecule has 0 aliphatic carbocycles. The Labute approximate surface area is 330 Å². The number of aromatic nitrogens is 2. The summed E-state index contributed by atoms with van der Waals surface area (Å²) < 4.78 is 12.1. The predicted molar refractivity (Wildman–Crippen MR) is 216 cm³/mol. The van der Waals surface area contributed by atoms with Gasteiger partial charge in [0.15, 0.2) is 5.78 Å². The van der Waals surface area contributed by atoms with E-state index in [1.807, 2.05) is 54.5 Å². The number of furan rings is 1. The largest absolute Gasteiger partial charge is 0.512 e. The van der Waals surface area contributed by atoms with E-state index >= 15 is 0 Å². The van der Waals surface area contributed by atoms with Crippen LogP contribution in [0, 0.1) is 29.7 Å². The summed E-state index contributed by atoms with van der Waals surface area (Å²) in [6.45, 7) is 25.2. The van der Waals surface area contributed by atoms with Gasteiger partial charge in [-0.1, -0.05) is 117 Å². The molecule has 0 aliphatic heterocycles. The van der Waals surface area contributed by atoms with Gasteiger partial charge in [0.05, 0.1) is 6.26 Å². The number of nitrogens with zero attached hydrogens (tertiary/aromatic N) is 2. The van der Waals surface area contributed by atoms with Crippen LogP contribution in [0.15, 0.2) is 81.8 Å². The summed E-state index contributed by atoms with van der Waals surface area (Å²) in [5.41, 5.74) is 4.80. The minimum Gasteiger partial charge on any atom is -0.512 e. The third kappa shape index (κ3) is 9.85. The number of aryl methyl sites for hydroxylation is 1. The average Bonchev–Trinajstić information content (AvgIpc) is 3.50. The van der Waals surface area contributed by atoms with Crippen molar-refractivity contribution in [3.63, 3.8) is 0 Å². The zero-order chi connectivity index (χ0) is 38.4.